The molecule has 2 fully saturated rings. The number of nitrogens with zero attached hydrogens (tertiary/aromatic N) is 3. The van der Waals surface area contributed by atoms with E-state index in [2.05, 4.69) is 27.2 Å². The molecule has 3 heterocycles. The van der Waals surface area contributed by atoms with Crippen molar-refractivity contribution in [1.29, 1.82) is 0 Å². The summed E-state index contributed by atoms with van der Waals surface area (Å²) < 4.78 is 28.4. The lowest BCUT2D eigenvalue weighted by Gasteiger charge is -2.27. The first-order valence-corrected chi connectivity index (χ1v) is 7.56. The smallest absolute Gasteiger partial charge is 0.249 e. The molecule has 0 amide bonds. The van der Waals surface area contributed by atoms with Gasteiger partial charge in [0, 0.05) is 38.0 Å². The van der Waals surface area contributed by atoms with E-state index < -0.39 is 5.92 Å². The molecule has 1 atom stereocenters. The first kappa shape index (κ1) is 13.6. The van der Waals surface area contributed by atoms with Gasteiger partial charge in [-0.1, -0.05) is 5.92 Å². The summed E-state index contributed by atoms with van der Waals surface area (Å²) in [5, 5.41) is 8.67. The lowest BCUT2D eigenvalue weighted by molar-refractivity contribution is 0.00707. The minimum atomic E-state index is -2.56. The second-order valence-corrected chi connectivity index (χ2v) is 6.04. The molecule has 2 aromatic heterocycles. The number of hydrogen-bond donors (Lipinski definition) is 1. The average molecular weight is 302 g/mol. The number of hydrogen-bond acceptors (Lipinski definition) is 3. The van der Waals surface area contributed by atoms with Crippen molar-refractivity contribution in [3.63, 3.8) is 0 Å². The Balaban J connectivity index is 1.68. The van der Waals surface area contributed by atoms with Gasteiger partial charge in [-0.15, -0.1) is 0 Å². The van der Waals surface area contributed by atoms with Crippen molar-refractivity contribution in [2.75, 3.05) is 13.1 Å². The number of fused-ring (bicyclic) bond motifs is 1. The van der Waals surface area contributed by atoms with E-state index in [0.717, 1.165) is 24.1 Å². The first-order valence-electron chi connectivity index (χ1n) is 7.56. The number of halogens is 2. The quantitative estimate of drug-likeness (QED) is 0.822. The molecule has 0 aromatic carbocycles. The van der Waals surface area contributed by atoms with E-state index >= 15 is 0 Å². The fourth-order valence-corrected chi connectivity index (χ4v) is 3.01. The van der Waals surface area contributed by atoms with Gasteiger partial charge in [0.15, 0.2) is 5.65 Å². The summed E-state index contributed by atoms with van der Waals surface area (Å²) in [7, 11) is 0. The molecule has 1 saturated heterocycles. The maximum atomic E-state index is 13.2. The normalized spacial score (nSPS) is 24.0. The highest BCUT2D eigenvalue weighted by molar-refractivity contribution is 5.81. The molecule has 114 valence electrons. The highest BCUT2D eigenvalue weighted by Gasteiger charge is 2.38. The largest absolute Gasteiger partial charge is 0.312 e. The van der Waals surface area contributed by atoms with Gasteiger partial charge in [0.2, 0.25) is 5.92 Å². The Morgan fingerprint density at radius 3 is 2.91 bits per heavy atom. The molecule has 1 unspecified atom stereocenters. The Hall–Kier alpha value is -2.00. The zero-order valence-electron chi connectivity index (χ0n) is 12.0. The van der Waals surface area contributed by atoms with Crippen LogP contribution in [0.5, 0.6) is 0 Å². The number of nitrogens with one attached hydrogen (secondary N) is 1. The van der Waals surface area contributed by atoms with Crippen LogP contribution >= 0.6 is 0 Å². The van der Waals surface area contributed by atoms with Crippen LogP contribution in [0.4, 0.5) is 8.78 Å². The van der Waals surface area contributed by atoms with Crippen LogP contribution in [-0.2, 0) is 0 Å². The Labute approximate surface area is 126 Å². The highest BCUT2D eigenvalue weighted by Crippen LogP contribution is 2.38. The van der Waals surface area contributed by atoms with Gasteiger partial charge in [0.05, 0.1) is 11.4 Å². The Morgan fingerprint density at radius 2 is 2.23 bits per heavy atom. The third-order valence-corrected chi connectivity index (χ3v) is 4.37. The monoisotopic (exact) mass is 302 g/mol. The van der Waals surface area contributed by atoms with Crippen LogP contribution < -0.4 is 5.32 Å². The van der Waals surface area contributed by atoms with Crippen molar-refractivity contribution in [1.82, 2.24) is 20.1 Å². The lowest BCUT2D eigenvalue weighted by atomic mass is 10.1. The van der Waals surface area contributed by atoms with Crippen LogP contribution in [-0.4, -0.2) is 33.8 Å². The predicted octanol–water partition coefficient (Wildman–Crippen LogP) is 2.36. The second kappa shape index (κ2) is 5.03. The van der Waals surface area contributed by atoms with E-state index in [4.69, 9.17) is 0 Å². The first-order chi connectivity index (χ1) is 10.6. The summed E-state index contributed by atoms with van der Waals surface area (Å²) in [4.78, 5) is 4.39. The highest BCUT2D eigenvalue weighted by atomic mass is 19.3. The van der Waals surface area contributed by atoms with Crippen LogP contribution in [0.3, 0.4) is 0 Å². The van der Waals surface area contributed by atoms with Crippen molar-refractivity contribution < 1.29 is 8.78 Å². The van der Waals surface area contributed by atoms with Gasteiger partial charge < -0.3 is 5.32 Å². The molecule has 0 radical (unpaired) electrons. The van der Waals surface area contributed by atoms with Gasteiger partial charge in [-0.2, -0.15) is 5.10 Å². The Kier molecular flexibility index (Phi) is 3.12. The number of pyridine rings is 1. The maximum Gasteiger partial charge on any atom is 0.249 e. The van der Waals surface area contributed by atoms with Crippen molar-refractivity contribution >= 4 is 11.0 Å². The molecule has 22 heavy (non-hydrogen) atoms. The van der Waals surface area contributed by atoms with Gasteiger partial charge in [-0.05, 0) is 24.5 Å². The fraction of sp³-hybridized carbons (Fsp3) is 0.500. The van der Waals surface area contributed by atoms with Crippen molar-refractivity contribution in [2.24, 2.45) is 5.92 Å². The van der Waals surface area contributed by atoms with Gasteiger partial charge in [0.25, 0.3) is 0 Å². The second-order valence-electron chi connectivity index (χ2n) is 6.04. The minimum absolute atomic E-state index is 0.0587. The Bertz CT molecular complexity index is 767. The van der Waals surface area contributed by atoms with Crippen molar-refractivity contribution in [2.45, 2.75) is 31.2 Å². The number of alkyl halides is 2. The van der Waals surface area contributed by atoms with Gasteiger partial charge in [0.1, 0.15) is 5.69 Å². The molecule has 2 aliphatic rings. The van der Waals surface area contributed by atoms with Crippen molar-refractivity contribution in [3.8, 4) is 11.8 Å². The topological polar surface area (TPSA) is 42.7 Å². The molecule has 1 N–H and O–H groups in total. The van der Waals surface area contributed by atoms with Crippen molar-refractivity contribution in [3.05, 3.63) is 24.0 Å². The van der Waals surface area contributed by atoms with E-state index in [1.54, 1.807) is 6.20 Å². The molecule has 1 aliphatic heterocycles. The van der Waals surface area contributed by atoms with Crippen LogP contribution in [0.25, 0.3) is 11.0 Å². The third-order valence-electron chi connectivity index (χ3n) is 4.37. The molecule has 0 spiro atoms. The SMILES string of the molecule is FC1(F)CCC(C#Cc2nn(C3CNC3)c3ncccc23)C1. The van der Waals surface area contributed by atoms with E-state index in [9.17, 15) is 8.78 Å². The fourth-order valence-electron chi connectivity index (χ4n) is 3.01. The molecular weight excluding hydrogens is 286 g/mol. The molecule has 0 bridgehead atoms. The average Bonchev–Trinajstić information content (AvgIpc) is 2.96. The molecule has 1 saturated carbocycles. The summed E-state index contributed by atoms with van der Waals surface area (Å²) >= 11 is 0. The third kappa shape index (κ3) is 2.35. The van der Waals surface area contributed by atoms with Gasteiger partial charge >= 0.3 is 0 Å². The van der Waals surface area contributed by atoms with E-state index in [1.807, 2.05) is 16.8 Å². The summed E-state index contributed by atoms with van der Waals surface area (Å²) in [5.74, 6) is 3.21. The number of aromatic nitrogens is 3. The van der Waals surface area contributed by atoms with E-state index in [1.165, 1.54) is 0 Å². The van der Waals surface area contributed by atoms with E-state index in [0.29, 0.717) is 18.2 Å². The zero-order chi connectivity index (χ0) is 15.2. The van der Waals surface area contributed by atoms with Gasteiger partial charge in [-0.25, -0.2) is 18.4 Å². The maximum absolute atomic E-state index is 13.2. The van der Waals surface area contributed by atoms with Gasteiger partial charge in [-0.3, -0.25) is 0 Å². The molecule has 4 rings (SSSR count). The van der Waals surface area contributed by atoms with E-state index in [-0.39, 0.29) is 18.8 Å². The molecule has 2 aromatic rings. The summed E-state index contributed by atoms with van der Waals surface area (Å²) in [6.07, 6.45) is 2.01. The molecular formula is C16H16F2N4. The molecule has 6 heteroatoms. The lowest BCUT2D eigenvalue weighted by Crippen LogP contribution is -2.43. The standard InChI is InChI=1S/C16H16F2N4/c17-16(18)6-5-11(8-16)3-4-14-13-2-1-7-20-15(13)22(21-14)12-9-19-10-12/h1-2,7,11-12,19H,5-6,8-10H2. The summed E-state index contributed by atoms with van der Waals surface area (Å²) in [6.45, 7) is 1.74. The zero-order valence-corrected chi connectivity index (χ0v) is 12.0. The summed E-state index contributed by atoms with van der Waals surface area (Å²) in [6, 6.07) is 4.08. The van der Waals surface area contributed by atoms with Crippen LogP contribution in [0.2, 0.25) is 0 Å². The van der Waals surface area contributed by atoms with Crippen LogP contribution in [0.1, 0.15) is 31.0 Å². The number of rotatable bonds is 1. The molecule has 1 aliphatic carbocycles. The summed E-state index contributed by atoms with van der Waals surface area (Å²) in [5.41, 5.74) is 1.46. The Morgan fingerprint density at radius 1 is 1.36 bits per heavy atom. The van der Waals surface area contributed by atoms with Crippen LogP contribution in [0.15, 0.2) is 18.3 Å². The molecule has 4 nitrogen and oxygen atoms in total. The van der Waals surface area contributed by atoms with Crippen LogP contribution in [0, 0.1) is 17.8 Å². The predicted molar refractivity (Wildman–Crippen MR) is 78.6 cm³/mol. The minimum Gasteiger partial charge on any atom is -0.312 e.